The van der Waals surface area contributed by atoms with Crippen LogP contribution in [0.3, 0.4) is 0 Å². The molecule has 1 heterocycles. The van der Waals surface area contributed by atoms with Gasteiger partial charge in [0.15, 0.2) is 5.76 Å². The van der Waals surface area contributed by atoms with Gasteiger partial charge in [-0.05, 0) is 24.6 Å². The number of aryl methyl sites for hydroxylation is 1. The van der Waals surface area contributed by atoms with Gasteiger partial charge in [-0.25, -0.2) is 0 Å². The SMILES string of the molecule is COc1c(C)cc(Cl)cc1-c1cc(CN)no1. The Morgan fingerprint density at radius 3 is 2.76 bits per heavy atom. The third-order valence-corrected chi connectivity index (χ3v) is 2.70. The van der Waals surface area contributed by atoms with E-state index in [-0.39, 0.29) is 0 Å². The van der Waals surface area contributed by atoms with Crippen LogP contribution in [0.5, 0.6) is 5.75 Å². The predicted octanol–water partition coefficient (Wildman–Crippen LogP) is 2.77. The lowest BCUT2D eigenvalue weighted by Gasteiger charge is -2.09. The van der Waals surface area contributed by atoms with E-state index < -0.39 is 0 Å². The summed E-state index contributed by atoms with van der Waals surface area (Å²) in [5, 5.41) is 4.48. The first kappa shape index (κ1) is 12.0. The van der Waals surface area contributed by atoms with Crippen molar-refractivity contribution in [3.8, 4) is 17.1 Å². The Morgan fingerprint density at radius 1 is 1.41 bits per heavy atom. The molecule has 0 saturated carbocycles. The Morgan fingerprint density at radius 2 is 2.18 bits per heavy atom. The van der Waals surface area contributed by atoms with Crippen molar-refractivity contribution in [1.29, 1.82) is 0 Å². The molecule has 5 heteroatoms. The molecule has 0 aliphatic carbocycles. The number of aromatic nitrogens is 1. The molecular formula is C12H13ClN2O2. The van der Waals surface area contributed by atoms with Crippen LogP contribution < -0.4 is 10.5 Å². The summed E-state index contributed by atoms with van der Waals surface area (Å²) in [6.45, 7) is 2.26. The maximum absolute atomic E-state index is 6.03. The number of hydrogen-bond donors (Lipinski definition) is 1. The molecular weight excluding hydrogens is 240 g/mol. The minimum absolute atomic E-state index is 0.339. The van der Waals surface area contributed by atoms with Crippen molar-refractivity contribution < 1.29 is 9.26 Å². The first-order chi connectivity index (χ1) is 8.15. The molecule has 0 atom stereocenters. The number of nitrogens with two attached hydrogens (primary N) is 1. The van der Waals surface area contributed by atoms with Gasteiger partial charge in [0.2, 0.25) is 0 Å². The molecule has 2 rings (SSSR count). The van der Waals surface area contributed by atoms with Gasteiger partial charge in [0.1, 0.15) is 5.75 Å². The molecule has 2 N–H and O–H groups in total. The molecule has 0 saturated heterocycles. The summed E-state index contributed by atoms with van der Waals surface area (Å²) in [7, 11) is 1.61. The monoisotopic (exact) mass is 252 g/mol. The molecule has 1 aromatic heterocycles. The first-order valence-electron chi connectivity index (χ1n) is 5.16. The average molecular weight is 253 g/mol. The van der Waals surface area contributed by atoms with Crippen LogP contribution in [0.4, 0.5) is 0 Å². The summed E-state index contributed by atoms with van der Waals surface area (Å²) in [5.74, 6) is 1.34. The second-order valence-corrected chi connectivity index (χ2v) is 4.13. The van der Waals surface area contributed by atoms with Gasteiger partial charge >= 0.3 is 0 Å². The zero-order valence-corrected chi connectivity index (χ0v) is 10.4. The summed E-state index contributed by atoms with van der Waals surface area (Å²) in [6.07, 6.45) is 0. The van der Waals surface area contributed by atoms with Crippen LogP contribution in [-0.4, -0.2) is 12.3 Å². The minimum atomic E-state index is 0.339. The van der Waals surface area contributed by atoms with Gasteiger partial charge in [-0.3, -0.25) is 0 Å². The summed E-state index contributed by atoms with van der Waals surface area (Å²) >= 11 is 6.03. The first-order valence-corrected chi connectivity index (χ1v) is 5.53. The molecule has 2 aromatic rings. The lowest BCUT2D eigenvalue weighted by molar-refractivity contribution is 0.401. The zero-order chi connectivity index (χ0) is 12.4. The van der Waals surface area contributed by atoms with E-state index in [0.29, 0.717) is 23.0 Å². The van der Waals surface area contributed by atoms with E-state index in [0.717, 1.165) is 16.9 Å². The maximum atomic E-state index is 6.03. The van der Waals surface area contributed by atoms with Crippen molar-refractivity contribution in [1.82, 2.24) is 5.16 Å². The molecule has 0 unspecified atom stereocenters. The van der Waals surface area contributed by atoms with Crippen LogP contribution >= 0.6 is 11.6 Å². The smallest absolute Gasteiger partial charge is 0.170 e. The Labute approximate surface area is 104 Å². The van der Waals surface area contributed by atoms with E-state index in [1.807, 2.05) is 13.0 Å². The van der Waals surface area contributed by atoms with Crippen LogP contribution in [0.15, 0.2) is 22.7 Å². The van der Waals surface area contributed by atoms with E-state index in [2.05, 4.69) is 5.16 Å². The molecule has 0 aliphatic heterocycles. The summed E-state index contributed by atoms with van der Waals surface area (Å²) in [5.41, 5.74) is 7.91. The Balaban J connectivity index is 2.57. The van der Waals surface area contributed by atoms with E-state index in [1.165, 1.54) is 0 Å². The molecule has 17 heavy (non-hydrogen) atoms. The maximum Gasteiger partial charge on any atom is 0.170 e. The van der Waals surface area contributed by atoms with Crippen LogP contribution in [0, 0.1) is 6.92 Å². The molecule has 0 amide bonds. The zero-order valence-electron chi connectivity index (χ0n) is 9.66. The van der Waals surface area contributed by atoms with E-state index in [9.17, 15) is 0 Å². The van der Waals surface area contributed by atoms with Gasteiger partial charge in [-0.15, -0.1) is 0 Å². The lowest BCUT2D eigenvalue weighted by Crippen LogP contribution is -1.95. The van der Waals surface area contributed by atoms with Crippen molar-refractivity contribution in [2.45, 2.75) is 13.5 Å². The van der Waals surface area contributed by atoms with Crippen molar-refractivity contribution in [2.75, 3.05) is 7.11 Å². The number of nitrogens with zero attached hydrogens (tertiary/aromatic N) is 1. The van der Waals surface area contributed by atoms with E-state index in [4.69, 9.17) is 26.6 Å². The third-order valence-electron chi connectivity index (χ3n) is 2.48. The highest BCUT2D eigenvalue weighted by atomic mass is 35.5. The number of methoxy groups -OCH3 is 1. The Kier molecular flexibility index (Phi) is 3.36. The summed E-state index contributed by atoms with van der Waals surface area (Å²) in [4.78, 5) is 0. The van der Waals surface area contributed by atoms with Gasteiger partial charge in [0.25, 0.3) is 0 Å². The number of benzene rings is 1. The molecule has 0 aliphatic rings. The second kappa shape index (κ2) is 4.77. The Bertz CT molecular complexity index is 537. The number of ether oxygens (including phenoxy) is 1. The average Bonchev–Trinajstić information content (AvgIpc) is 2.76. The molecule has 0 fully saturated rings. The molecule has 4 nitrogen and oxygen atoms in total. The largest absolute Gasteiger partial charge is 0.496 e. The van der Waals surface area contributed by atoms with Crippen molar-refractivity contribution >= 4 is 11.6 Å². The van der Waals surface area contributed by atoms with Gasteiger partial charge in [0.05, 0.1) is 18.4 Å². The normalized spacial score (nSPS) is 10.6. The Hall–Kier alpha value is -1.52. The highest BCUT2D eigenvalue weighted by Gasteiger charge is 2.14. The van der Waals surface area contributed by atoms with Crippen LogP contribution in [0.2, 0.25) is 5.02 Å². The highest BCUT2D eigenvalue weighted by Crippen LogP contribution is 2.35. The van der Waals surface area contributed by atoms with Gasteiger partial charge in [-0.2, -0.15) is 0 Å². The fourth-order valence-corrected chi connectivity index (χ4v) is 1.99. The second-order valence-electron chi connectivity index (χ2n) is 3.69. The number of hydrogen-bond acceptors (Lipinski definition) is 4. The third kappa shape index (κ3) is 2.28. The minimum Gasteiger partial charge on any atom is -0.496 e. The molecule has 1 aromatic carbocycles. The molecule has 0 radical (unpaired) electrons. The summed E-state index contributed by atoms with van der Waals surface area (Å²) in [6, 6.07) is 5.41. The molecule has 90 valence electrons. The molecule has 0 bridgehead atoms. The highest BCUT2D eigenvalue weighted by molar-refractivity contribution is 6.31. The fraction of sp³-hybridized carbons (Fsp3) is 0.250. The van der Waals surface area contributed by atoms with E-state index in [1.54, 1.807) is 19.2 Å². The number of halogens is 1. The van der Waals surface area contributed by atoms with Gasteiger partial charge in [-0.1, -0.05) is 16.8 Å². The standard InChI is InChI=1S/C12H13ClN2O2/c1-7-3-8(13)4-10(12(7)16-2)11-5-9(6-14)15-17-11/h3-5H,6,14H2,1-2H3. The van der Waals surface area contributed by atoms with Crippen molar-refractivity contribution in [3.63, 3.8) is 0 Å². The van der Waals surface area contributed by atoms with Crippen molar-refractivity contribution in [2.24, 2.45) is 5.73 Å². The van der Waals surface area contributed by atoms with Gasteiger partial charge < -0.3 is 15.0 Å². The van der Waals surface area contributed by atoms with Crippen LogP contribution in [0.25, 0.3) is 11.3 Å². The van der Waals surface area contributed by atoms with Gasteiger partial charge in [0, 0.05) is 17.6 Å². The molecule has 0 spiro atoms. The lowest BCUT2D eigenvalue weighted by atomic mass is 10.1. The summed E-state index contributed by atoms with van der Waals surface area (Å²) < 4.78 is 10.6. The van der Waals surface area contributed by atoms with Crippen LogP contribution in [-0.2, 0) is 6.54 Å². The van der Waals surface area contributed by atoms with Crippen molar-refractivity contribution in [3.05, 3.63) is 34.5 Å². The fourth-order valence-electron chi connectivity index (χ4n) is 1.72. The quantitative estimate of drug-likeness (QED) is 0.912. The van der Waals surface area contributed by atoms with E-state index >= 15 is 0 Å². The van der Waals surface area contributed by atoms with Crippen LogP contribution in [0.1, 0.15) is 11.3 Å². The predicted molar refractivity (Wildman–Crippen MR) is 66.1 cm³/mol. The topological polar surface area (TPSA) is 61.3 Å². The number of rotatable bonds is 3.